The molecule has 0 aliphatic carbocycles. The van der Waals surface area contributed by atoms with E-state index in [1.54, 1.807) is 11.0 Å². The molecule has 3 heterocycles. The minimum Gasteiger partial charge on any atom is -0.486 e. The zero-order valence-corrected chi connectivity index (χ0v) is 19.1. The van der Waals surface area contributed by atoms with Crippen molar-refractivity contribution in [3.63, 3.8) is 0 Å². The number of nitrogens with zero attached hydrogens (tertiary/aromatic N) is 5. The van der Waals surface area contributed by atoms with Gasteiger partial charge in [0.25, 0.3) is 0 Å². The van der Waals surface area contributed by atoms with Gasteiger partial charge in [-0.05, 0) is 62.2 Å². The Balaban J connectivity index is 1.24. The van der Waals surface area contributed by atoms with E-state index in [4.69, 9.17) is 9.47 Å². The van der Waals surface area contributed by atoms with Crippen LogP contribution in [0.25, 0.3) is 5.69 Å². The van der Waals surface area contributed by atoms with Crippen LogP contribution in [0.5, 0.6) is 11.5 Å². The first kappa shape index (κ1) is 21.5. The second kappa shape index (κ2) is 9.23. The van der Waals surface area contributed by atoms with Gasteiger partial charge < -0.3 is 14.4 Å². The maximum absolute atomic E-state index is 13.3. The fourth-order valence-electron chi connectivity index (χ4n) is 4.62. The van der Waals surface area contributed by atoms with Crippen molar-refractivity contribution in [2.45, 2.75) is 31.8 Å². The van der Waals surface area contributed by atoms with Crippen molar-refractivity contribution in [2.75, 3.05) is 33.4 Å². The molecule has 3 aromatic rings. The largest absolute Gasteiger partial charge is 0.486 e. The summed E-state index contributed by atoms with van der Waals surface area (Å²) in [6.45, 7) is 4.42. The number of carbonyl (C=O) groups is 1. The zero-order valence-electron chi connectivity index (χ0n) is 19.1. The minimum atomic E-state index is 0.0824. The number of fused-ring (bicyclic) bond motifs is 1. The third-order valence-corrected chi connectivity index (χ3v) is 6.63. The topological polar surface area (TPSA) is 72.7 Å². The van der Waals surface area contributed by atoms with Gasteiger partial charge in [0.2, 0.25) is 5.91 Å². The lowest BCUT2D eigenvalue weighted by atomic mass is 10.0. The van der Waals surface area contributed by atoms with Gasteiger partial charge in [0, 0.05) is 12.6 Å². The van der Waals surface area contributed by atoms with Crippen molar-refractivity contribution >= 4 is 5.91 Å². The number of hydrogen-bond acceptors (Lipinski definition) is 6. The van der Waals surface area contributed by atoms with E-state index in [1.165, 1.54) is 6.33 Å². The molecule has 0 radical (unpaired) electrons. The normalized spacial score (nSPS) is 18.5. The monoisotopic (exact) mass is 447 g/mol. The summed E-state index contributed by atoms with van der Waals surface area (Å²) < 4.78 is 13.1. The Hall–Kier alpha value is -3.39. The maximum Gasteiger partial charge on any atom is 0.237 e. The van der Waals surface area contributed by atoms with E-state index in [9.17, 15) is 4.79 Å². The molecule has 5 rings (SSSR count). The summed E-state index contributed by atoms with van der Waals surface area (Å²) in [4.78, 5) is 21.4. The van der Waals surface area contributed by atoms with Crippen LogP contribution in [0, 0.1) is 0 Å². The van der Waals surface area contributed by atoms with Crippen LogP contribution >= 0.6 is 0 Å². The fraction of sp³-hybridized carbons (Fsp3) is 0.400. The summed E-state index contributed by atoms with van der Waals surface area (Å²) in [6, 6.07) is 14.5. The van der Waals surface area contributed by atoms with E-state index in [0.29, 0.717) is 19.8 Å². The van der Waals surface area contributed by atoms with Gasteiger partial charge in [0.15, 0.2) is 11.5 Å². The Morgan fingerprint density at radius 3 is 2.70 bits per heavy atom. The average molecular weight is 448 g/mol. The number of benzene rings is 2. The summed E-state index contributed by atoms with van der Waals surface area (Å²) in [6.07, 6.45) is 5.17. The molecule has 8 heteroatoms. The molecule has 1 aromatic heterocycles. The van der Waals surface area contributed by atoms with Gasteiger partial charge in [-0.2, -0.15) is 5.10 Å². The highest BCUT2D eigenvalue weighted by Gasteiger charge is 2.31. The Kier molecular flexibility index (Phi) is 6.00. The fourth-order valence-corrected chi connectivity index (χ4v) is 4.62. The molecule has 0 spiro atoms. The third-order valence-electron chi connectivity index (χ3n) is 6.63. The molecule has 0 saturated carbocycles. The van der Waals surface area contributed by atoms with Gasteiger partial charge in [-0.25, -0.2) is 9.67 Å². The Morgan fingerprint density at radius 1 is 1.15 bits per heavy atom. The molecule has 2 aliphatic rings. The van der Waals surface area contributed by atoms with E-state index >= 15 is 0 Å². The van der Waals surface area contributed by atoms with Crippen LogP contribution in [-0.4, -0.2) is 63.8 Å². The van der Waals surface area contributed by atoms with Crippen molar-refractivity contribution in [2.24, 2.45) is 0 Å². The number of ether oxygens (including phenoxy) is 2. The number of likely N-dealkylation sites (N-methyl/N-ethyl adjacent to an activating group) is 1. The number of rotatable bonds is 6. The number of aromatic nitrogens is 3. The summed E-state index contributed by atoms with van der Waals surface area (Å²) in [5.74, 6) is 1.71. The first-order chi connectivity index (χ1) is 16.1. The van der Waals surface area contributed by atoms with Crippen LogP contribution in [0.3, 0.4) is 0 Å². The van der Waals surface area contributed by atoms with Crippen molar-refractivity contribution in [3.05, 3.63) is 66.2 Å². The van der Waals surface area contributed by atoms with Crippen LogP contribution in [-0.2, 0) is 4.79 Å². The molecule has 1 amide bonds. The number of carbonyl (C=O) groups excluding carboxylic acids is 1. The molecule has 1 saturated heterocycles. The van der Waals surface area contributed by atoms with E-state index < -0.39 is 0 Å². The first-order valence-electron chi connectivity index (χ1n) is 11.4. The van der Waals surface area contributed by atoms with Gasteiger partial charge in [-0.3, -0.25) is 9.69 Å². The molecule has 2 aliphatic heterocycles. The molecule has 0 bridgehead atoms. The van der Waals surface area contributed by atoms with Gasteiger partial charge in [-0.1, -0.05) is 18.2 Å². The van der Waals surface area contributed by atoms with E-state index in [2.05, 4.69) is 40.1 Å². The maximum atomic E-state index is 13.3. The van der Waals surface area contributed by atoms with Crippen LogP contribution in [0.15, 0.2) is 55.1 Å². The molecule has 1 fully saturated rings. The Labute approximate surface area is 193 Å². The molecule has 8 nitrogen and oxygen atoms in total. The molecule has 0 N–H and O–H groups in total. The standard InChI is InChI=1S/C25H29N5O3/c1-18(19-5-8-21(9-6-19)30-17-26-16-27-30)28(2)15-25(31)29-11-3-4-22(29)20-7-10-23-24(14-20)33-13-12-32-23/h5-10,14,16-18,22H,3-4,11-13,15H2,1-2H3/t18-,22+/m1/s1. The Morgan fingerprint density at radius 2 is 1.94 bits per heavy atom. The average Bonchev–Trinajstić information content (AvgIpc) is 3.56. The second-order valence-electron chi connectivity index (χ2n) is 8.67. The lowest BCUT2D eigenvalue weighted by molar-refractivity contribution is -0.133. The van der Waals surface area contributed by atoms with Gasteiger partial charge in [-0.15, -0.1) is 0 Å². The first-order valence-corrected chi connectivity index (χ1v) is 11.4. The number of hydrogen-bond donors (Lipinski definition) is 0. The summed E-state index contributed by atoms with van der Waals surface area (Å²) in [5, 5.41) is 4.17. The molecule has 0 unspecified atom stereocenters. The van der Waals surface area contributed by atoms with Crippen LogP contribution in [0.4, 0.5) is 0 Å². The molecule has 2 atom stereocenters. The number of amides is 1. The highest BCUT2D eigenvalue weighted by molar-refractivity contribution is 5.79. The quantitative estimate of drug-likeness (QED) is 0.577. The predicted molar refractivity (Wildman–Crippen MR) is 124 cm³/mol. The Bertz CT molecular complexity index is 1100. The summed E-state index contributed by atoms with van der Waals surface area (Å²) in [5.41, 5.74) is 3.23. The zero-order chi connectivity index (χ0) is 22.8. The summed E-state index contributed by atoms with van der Waals surface area (Å²) >= 11 is 0. The number of likely N-dealkylation sites (tertiary alicyclic amines) is 1. The lowest BCUT2D eigenvalue weighted by Gasteiger charge is -2.30. The van der Waals surface area contributed by atoms with Gasteiger partial charge in [0.05, 0.1) is 18.3 Å². The van der Waals surface area contributed by atoms with Crippen LogP contribution < -0.4 is 9.47 Å². The lowest BCUT2D eigenvalue weighted by Crippen LogP contribution is -2.39. The SMILES string of the molecule is C[C@H](c1ccc(-n2cncn2)cc1)N(C)CC(=O)N1CCC[C@H]1c1ccc2c(c1)OCCO2. The van der Waals surface area contributed by atoms with E-state index in [0.717, 1.165) is 47.7 Å². The van der Waals surface area contributed by atoms with Crippen molar-refractivity contribution in [3.8, 4) is 17.2 Å². The molecule has 33 heavy (non-hydrogen) atoms. The molecular weight excluding hydrogens is 418 g/mol. The van der Waals surface area contributed by atoms with Crippen molar-refractivity contribution in [1.82, 2.24) is 24.6 Å². The smallest absolute Gasteiger partial charge is 0.237 e. The molecule has 172 valence electrons. The van der Waals surface area contributed by atoms with Crippen LogP contribution in [0.2, 0.25) is 0 Å². The highest BCUT2D eigenvalue weighted by Crippen LogP contribution is 2.38. The van der Waals surface area contributed by atoms with E-state index in [1.807, 2.05) is 36.2 Å². The van der Waals surface area contributed by atoms with Crippen LogP contribution in [0.1, 0.15) is 43.0 Å². The van der Waals surface area contributed by atoms with Crippen molar-refractivity contribution < 1.29 is 14.3 Å². The third kappa shape index (κ3) is 4.43. The van der Waals surface area contributed by atoms with Gasteiger partial charge in [0.1, 0.15) is 25.9 Å². The minimum absolute atomic E-state index is 0.0824. The van der Waals surface area contributed by atoms with Gasteiger partial charge >= 0.3 is 0 Å². The summed E-state index contributed by atoms with van der Waals surface area (Å²) in [7, 11) is 2.00. The molecular formula is C25H29N5O3. The van der Waals surface area contributed by atoms with E-state index in [-0.39, 0.29) is 18.0 Å². The highest BCUT2D eigenvalue weighted by atomic mass is 16.6. The van der Waals surface area contributed by atoms with Crippen molar-refractivity contribution in [1.29, 1.82) is 0 Å². The molecule has 2 aromatic carbocycles. The second-order valence-corrected chi connectivity index (χ2v) is 8.67. The predicted octanol–water partition coefficient (Wildman–Crippen LogP) is 3.40.